The Morgan fingerprint density at radius 2 is 2.19 bits per heavy atom. The topological polar surface area (TPSA) is 21.3 Å². The average Bonchev–Trinajstić information content (AvgIpc) is 2.55. The van der Waals surface area contributed by atoms with Crippen molar-refractivity contribution < 1.29 is 9.13 Å². The molecule has 0 bridgehead atoms. The van der Waals surface area contributed by atoms with E-state index in [1.807, 2.05) is 24.3 Å². The highest BCUT2D eigenvalue weighted by Crippen LogP contribution is 2.36. The summed E-state index contributed by atoms with van der Waals surface area (Å²) in [5.74, 6) is 0.728. The molecule has 88 valence electrons. The van der Waals surface area contributed by atoms with Crippen LogP contribution in [0.15, 0.2) is 24.3 Å². The number of methoxy groups -OCH3 is 1. The summed E-state index contributed by atoms with van der Waals surface area (Å²) in [4.78, 5) is 0. The van der Waals surface area contributed by atoms with E-state index in [1.54, 1.807) is 7.11 Å². The van der Waals surface area contributed by atoms with Gasteiger partial charge in [0, 0.05) is 0 Å². The molecule has 1 N–H and O–H groups in total. The molecule has 1 aliphatic heterocycles. The fourth-order valence-electron chi connectivity index (χ4n) is 2.22. The first kappa shape index (κ1) is 11.4. The van der Waals surface area contributed by atoms with Gasteiger partial charge in [0.2, 0.25) is 0 Å². The Morgan fingerprint density at radius 1 is 1.31 bits per heavy atom. The van der Waals surface area contributed by atoms with Gasteiger partial charge in [0.05, 0.1) is 7.11 Å². The van der Waals surface area contributed by atoms with Crippen LogP contribution in [0.2, 0.25) is 0 Å². The Kier molecular flexibility index (Phi) is 3.44. The maximum atomic E-state index is 14.8. The third-order valence-electron chi connectivity index (χ3n) is 3.21. The van der Waals surface area contributed by atoms with Gasteiger partial charge in [-0.2, -0.15) is 0 Å². The number of hydrogen-bond donors (Lipinski definition) is 1. The Hall–Kier alpha value is -1.09. The van der Waals surface area contributed by atoms with Crippen LogP contribution in [0.5, 0.6) is 5.75 Å². The van der Waals surface area contributed by atoms with Gasteiger partial charge >= 0.3 is 0 Å². The predicted molar refractivity (Wildman–Crippen MR) is 62.5 cm³/mol. The third kappa shape index (κ3) is 2.35. The fraction of sp³-hybridized carbons (Fsp3) is 0.538. The van der Waals surface area contributed by atoms with E-state index in [0.717, 1.165) is 30.8 Å². The van der Waals surface area contributed by atoms with Crippen LogP contribution in [0.1, 0.15) is 24.8 Å². The molecule has 1 unspecified atom stereocenters. The molecule has 3 heteroatoms. The van der Waals surface area contributed by atoms with Crippen molar-refractivity contribution >= 4 is 0 Å². The van der Waals surface area contributed by atoms with Crippen molar-refractivity contribution in [3.05, 3.63) is 29.8 Å². The number of halogens is 1. The molecule has 0 amide bonds. The van der Waals surface area contributed by atoms with Crippen molar-refractivity contribution in [3.8, 4) is 5.75 Å². The molecule has 1 atom stereocenters. The second-order valence-electron chi connectivity index (χ2n) is 4.30. The van der Waals surface area contributed by atoms with Crippen LogP contribution in [-0.4, -0.2) is 20.2 Å². The summed E-state index contributed by atoms with van der Waals surface area (Å²) in [5.41, 5.74) is -0.451. The van der Waals surface area contributed by atoms with E-state index < -0.39 is 5.67 Å². The molecule has 1 aliphatic rings. The molecule has 1 heterocycles. The summed E-state index contributed by atoms with van der Waals surface area (Å²) in [6.07, 6.45) is 2.01. The van der Waals surface area contributed by atoms with E-state index >= 15 is 0 Å². The number of alkyl halides is 1. The summed E-state index contributed by atoms with van der Waals surface area (Å²) < 4.78 is 19.9. The lowest BCUT2D eigenvalue weighted by molar-refractivity contribution is 0.144. The largest absolute Gasteiger partial charge is 0.497 e. The molecular formula is C13H18FNO. The van der Waals surface area contributed by atoms with Crippen LogP contribution in [0.4, 0.5) is 4.39 Å². The number of benzene rings is 1. The highest BCUT2D eigenvalue weighted by molar-refractivity contribution is 5.32. The summed E-state index contributed by atoms with van der Waals surface area (Å²) in [6, 6.07) is 7.37. The van der Waals surface area contributed by atoms with Crippen molar-refractivity contribution in [1.82, 2.24) is 5.32 Å². The molecule has 1 aromatic rings. The summed E-state index contributed by atoms with van der Waals surface area (Å²) in [5, 5.41) is 3.23. The fourth-order valence-corrected chi connectivity index (χ4v) is 2.22. The van der Waals surface area contributed by atoms with Crippen molar-refractivity contribution in [1.29, 1.82) is 0 Å². The van der Waals surface area contributed by atoms with Crippen LogP contribution in [0, 0.1) is 0 Å². The SMILES string of the molecule is COc1cccc(C2(F)CCCNCC2)c1. The Bertz CT molecular complexity index is 346. The van der Waals surface area contributed by atoms with Crippen LogP contribution >= 0.6 is 0 Å². The Morgan fingerprint density at radius 3 is 3.00 bits per heavy atom. The number of rotatable bonds is 2. The number of hydrogen-bond acceptors (Lipinski definition) is 2. The van der Waals surface area contributed by atoms with Crippen molar-refractivity contribution in [2.75, 3.05) is 20.2 Å². The van der Waals surface area contributed by atoms with Crippen LogP contribution in [0.25, 0.3) is 0 Å². The molecule has 16 heavy (non-hydrogen) atoms. The molecule has 2 nitrogen and oxygen atoms in total. The van der Waals surface area contributed by atoms with E-state index in [2.05, 4.69) is 5.32 Å². The molecule has 0 aliphatic carbocycles. The van der Waals surface area contributed by atoms with Gasteiger partial charge in [-0.3, -0.25) is 0 Å². The summed E-state index contributed by atoms with van der Waals surface area (Å²) >= 11 is 0. The lowest BCUT2D eigenvalue weighted by Gasteiger charge is -2.24. The van der Waals surface area contributed by atoms with Crippen LogP contribution in [0.3, 0.4) is 0 Å². The highest BCUT2D eigenvalue weighted by atomic mass is 19.1. The van der Waals surface area contributed by atoms with Gasteiger partial charge in [0.1, 0.15) is 11.4 Å². The number of nitrogens with one attached hydrogen (secondary N) is 1. The van der Waals surface area contributed by atoms with Gasteiger partial charge in [-0.15, -0.1) is 0 Å². The molecule has 1 saturated heterocycles. The highest BCUT2D eigenvalue weighted by Gasteiger charge is 2.32. The van der Waals surface area contributed by atoms with Crippen molar-refractivity contribution in [2.24, 2.45) is 0 Å². The zero-order valence-electron chi connectivity index (χ0n) is 9.63. The molecule has 1 aromatic carbocycles. The van der Waals surface area contributed by atoms with Gasteiger partial charge in [0.15, 0.2) is 0 Å². The van der Waals surface area contributed by atoms with Crippen LogP contribution in [-0.2, 0) is 5.67 Å². The third-order valence-corrected chi connectivity index (χ3v) is 3.21. The second kappa shape index (κ2) is 4.83. The smallest absolute Gasteiger partial charge is 0.137 e. The van der Waals surface area contributed by atoms with E-state index in [9.17, 15) is 4.39 Å². The predicted octanol–water partition coefficient (Wildman–Crippen LogP) is 2.63. The van der Waals surface area contributed by atoms with Gasteiger partial charge in [0.25, 0.3) is 0 Å². The lowest BCUT2D eigenvalue weighted by Crippen LogP contribution is -2.22. The zero-order valence-corrected chi connectivity index (χ0v) is 9.63. The minimum atomic E-state index is -1.20. The standard InChI is InChI=1S/C13H18FNO/c1-16-12-5-2-4-11(10-12)13(14)6-3-8-15-9-7-13/h2,4-5,10,15H,3,6-9H2,1H3. The van der Waals surface area contributed by atoms with E-state index in [4.69, 9.17) is 4.74 Å². The molecule has 0 aromatic heterocycles. The zero-order chi connectivity index (χ0) is 11.4. The maximum absolute atomic E-state index is 14.8. The summed E-state index contributed by atoms with van der Waals surface area (Å²) in [7, 11) is 1.61. The number of ether oxygens (including phenoxy) is 1. The molecule has 0 saturated carbocycles. The van der Waals surface area contributed by atoms with E-state index in [0.29, 0.717) is 12.8 Å². The van der Waals surface area contributed by atoms with Crippen LogP contribution < -0.4 is 10.1 Å². The van der Waals surface area contributed by atoms with Gasteiger partial charge in [-0.25, -0.2) is 4.39 Å². The minimum absolute atomic E-state index is 0.542. The first-order chi connectivity index (χ1) is 7.74. The first-order valence-corrected chi connectivity index (χ1v) is 5.79. The van der Waals surface area contributed by atoms with Gasteiger partial charge < -0.3 is 10.1 Å². The molecule has 1 fully saturated rings. The van der Waals surface area contributed by atoms with E-state index in [-0.39, 0.29) is 0 Å². The lowest BCUT2D eigenvalue weighted by atomic mass is 9.88. The molecular weight excluding hydrogens is 205 g/mol. The molecule has 0 radical (unpaired) electrons. The monoisotopic (exact) mass is 223 g/mol. The van der Waals surface area contributed by atoms with Gasteiger partial charge in [-0.05, 0) is 50.0 Å². The summed E-state index contributed by atoms with van der Waals surface area (Å²) in [6.45, 7) is 1.66. The van der Waals surface area contributed by atoms with Gasteiger partial charge in [-0.1, -0.05) is 12.1 Å². The normalized spacial score (nSPS) is 26.1. The average molecular weight is 223 g/mol. The molecule has 2 rings (SSSR count). The second-order valence-corrected chi connectivity index (χ2v) is 4.30. The molecule has 0 spiro atoms. The van der Waals surface area contributed by atoms with Crippen molar-refractivity contribution in [3.63, 3.8) is 0 Å². The Balaban J connectivity index is 2.25. The quantitative estimate of drug-likeness (QED) is 0.832. The Labute approximate surface area is 95.8 Å². The maximum Gasteiger partial charge on any atom is 0.137 e. The van der Waals surface area contributed by atoms with E-state index in [1.165, 1.54) is 0 Å². The first-order valence-electron chi connectivity index (χ1n) is 5.79. The minimum Gasteiger partial charge on any atom is -0.497 e. The van der Waals surface area contributed by atoms with Crippen molar-refractivity contribution in [2.45, 2.75) is 24.9 Å².